The summed E-state index contributed by atoms with van der Waals surface area (Å²) in [6, 6.07) is 27.8. The molecule has 0 bridgehead atoms. The van der Waals surface area contributed by atoms with Crippen LogP contribution in [-0.4, -0.2) is 26.6 Å². The summed E-state index contributed by atoms with van der Waals surface area (Å²) in [5.74, 6) is 0.501. The SMILES string of the molecule is O=C(CCSc1nc(-c2ccccc2)c(-c2ccccc2)[nH]1)Nc1nc(-c2ccccc2Cl)cs1. The molecule has 5 rings (SSSR count). The quantitative estimate of drug-likeness (QED) is 0.208. The Morgan fingerprint density at radius 1 is 0.914 bits per heavy atom. The van der Waals surface area contributed by atoms with Crippen molar-refractivity contribution in [2.24, 2.45) is 0 Å². The number of hydrogen-bond acceptors (Lipinski definition) is 5. The maximum absolute atomic E-state index is 12.5. The van der Waals surface area contributed by atoms with Gasteiger partial charge in [0.1, 0.15) is 0 Å². The smallest absolute Gasteiger partial charge is 0.226 e. The summed E-state index contributed by atoms with van der Waals surface area (Å²) in [5.41, 5.74) is 5.59. The summed E-state index contributed by atoms with van der Waals surface area (Å²) < 4.78 is 0. The predicted molar refractivity (Wildman–Crippen MR) is 146 cm³/mol. The molecule has 2 N–H and O–H groups in total. The van der Waals surface area contributed by atoms with Crippen molar-refractivity contribution in [2.75, 3.05) is 11.1 Å². The molecule has 3 aromatic carbocycles. The molecule has 0 saturated heterocycles. The van der Waals surface area contributed by atoms with E-state index in [4.69, 9.17) is 16.6 Å². The van der Waals surface area contributed by atoms with Crippen molar-refractivity contribution in [1.29, 1.82) is 0 Å². The van der Waals surface area contributed by atoms with Gasteiger partial charge in [0.05, 0.1) is 17.1 Å². The molecule has 2 aromatic heterocycles. The summed E-state index contributed by atoms with van der Waals surface area (Å²) >= 11 is 9.17. The van der Waals surface area contributed by atoms with Gasteiger partial charge in [-0.25, -0.2) is 9.97 Å². The lowest BCUT2D eigenvalue weighted by molar-refractivity contribution is -0.115. The number of aromatic amines is 1. The van der Waals surface area contributed by atoms with E-state index in [-0.39, 0.29) is 5.91 Å². The van der Waals surface area contributed by atoms with Crippen molar-refractivity contribution >= 4 is 45.7 Å². The molecule has 1 amide bonds. The number of thiazole rings is 1. The fraction of sp³-hybridized carbons (Fsp3) is 0.0741. The molecule has 0 saturated carbocycles. The van der Waals surface area contributed by atoms with Crippen molar-refractivity contribution in [3.63, 3.8) is 0 Å². The van der Waals surface area contributed by atoms with Crippen LogP contribution in [0, 0.1) is 0 Å². The number of anilines is 1. The number of carbonyl (C=O) groups is 1. The average molecular weight is 517 g/mol. The lowest BCUT2D eigenvalue weighted by Crippen LogP contribution is -2.12. The van der Waals surface area contributed by atoms with Crippen LogP contribution < -0.4 is 5.32 Å². The number of imidazole rings is 1. The van der Waals surface area contributed by atoms with Crippen molar-refractivity contribution < 1.29 is 4.79 Å². The molecule has 5 aromatic rings. The third-order valence-corrected chi connectivity index (χ3v) is 7.22. The first kappa shape index (κ1) is 23.4. The topological polar surface area (TPSA) is 70.7 Å². The number of carbonyl (C=O) groups excluding carboxylic acids is 1. The fourth-order valence-corrected chi connectivity index (χ4v) is 5.35. The van der Waals surface area contributed by atoms with E-state index in [1.54, 1.807) is 0 Å². The van der Waals surface area contributed by atoms with Crippen molar-refractivity contribution in [2.45, 2.75) is 11.6 Å². The number of H-pyrrole nitrogens is 1. The Morgan fingerprint density at radius 3 is 2.34 bits per heavy atom. The summed E-state index contributed by atoms with van der Waals surface area (Å²) in [4.78, 5) is 25.3. The summed E-state index contributed by atoms with van der Waals surface area (Å²) in [6.45, 7) is 0. The molecular weight excluding hydrogens is 496 g/mol. The Balaban J connectivity index is 1.23. The third-order valence-electron chi connectivity index (χ3n) is 5.26. The summed E-state index contributed by atoms with van der Waals surface area (Å²) in [5, 5.41) is 6.76. The highest BCUT2D eigenvalue weighted by atomic mass is 35.5. The van der Waals surface area contributed by atoms with Gasteiger partial charge in [-0.2, -0.15) is 0 Å². The molecule has 0 fully saturated rings. The monoisotopic (exact) mass is 516 g/mol. The Bertz CT molecular complexity index is 1380. The number of halogens is 1. The number of nitrogens with one attached hydrogen (secondary N) is 2. The van der Waals surface area contributed by atoms with Crippen LogP contribution in [-0.2, 0) is 4.79 Å². The Kier molecular flexibility index (Phi) is 7.28. The minimum absolute atomic E-state index is 0.0873. The number of hydrogen-bond donors (Lipinski definition) is 2. The van der Waals surface area contributed by atoms with Crippen LogP contribution in [0.5, 0.6) is 0 Å². The fourth-order valence-electron chi connectivity index (χ4n) is 3.58. The lowest BCUT2D eigenvalue weighted by atomic mass is 10.1. The number of amides is 1. The minimum atomic E-state index is -0.0873. The molecule has 2 heterocycles. The zero-order chi connectivity index (χ0) is 24.0. The first-order valence-electron chi connectivity index (χ1n) is 11.0. The molecular formula is C27H21ClN4OS2. The molecule has 35 heavy (non-hydrogen) atoms. The van der Waals surface area contributed by atoms with E-state index in [0.717, 1.165) is 38.9 Å². The van der Waals surface area contributed by atoms with Crippen LogP contribution >= 0.6 is 34.7 Å². The minimum Gasteiger partial charge on any atom is -0.332 e. The highest BCUT2D eigenvalue weighted by molar-refractivity contribution is 7.99. The summed E-state index contributed by atoms with van der Waals surface area (Å²) in [7, 11) is 0. The normalized spacial score (nSPS) is 10.9. The van der Waals surface area contributed by atoms with E-state index in [0.29, 0.717) is 22.3 Å². The molecule has 0 spiro atoms. The number of rotatable bonds is 8. The highest BCUT2D eigenvalue weighted by Crippen LogP contribution is 2.33. The van der Waals surface area contributed by atoms with E-state index < -0.39 is 0 Å². The first-order valence-corrected chi connectivity index (χ1v) is 13.3. The molecule has 8 heteroatoms. The number of thioether (sulfide) groups is 1. The average Bonchev–Trinajstić information content (AvgIpc) is 3.53. The van der Waals surface area contributed by atoms with Gasteiger partial charge in [0, 0.05) is 39.3 Å². The van der Waals surface area contributed by atoms with Crippen LogP contribution in [0.3, 0.4) is 0 Å². The third kappa shape index (κ3) is 5.65. The van der Waals surface area contributed by atoms with Crippen LogP contribution in [0.1, 0.15) is 6.42 Å². The van der Waals surface area contributed by atoms with Crippen LogP contribution in [0.2, 0.25) is 5.02 Å². The van der Waals surface area contributed by atoms with Crippen molar-refractivity contribution in [3.05, 3.63) is 95.3 Å². The first-order chi connectivity index (χ1) is 17.2. The van der Waals surface area contributed by atoms with Gasteiger partial charge in [-0.3, -0.25) is 4.79 Å². The lowest BCUT2D eigenvalue weighted by Gasteiger charge is -2.02. The Labute approximate surface area is 216 Å². The van der Waals surface area contributed by atoms with Gasteiger partial charge in [0.25, 0.3) is 0 Å². The Hall–Kier alpha value is -3.39. The van der Waals surface area contributed by atoms with Gasteiger partial charge in [-0.15, -0.1) is 11.3 Å². The van der Waals surface area contributed by atoms with Gasteiger partial charge in [0.2, 0.25) is 5.91 Å². The number of aromatic nitrogens is 3. The van der Waals surface area contributed by atoms with E-state index in [9.17, 15) is 4.79 Å². The number of benzene rings is 3. The largest absolute Gasteiger partial charge is 0.332 e. The molecule has 0 aliphatic carbocycles. The standard InChI is InChI=1S/C27H21ClN4OS2/c28-21-14-8-7-13-20(21)22-17-35-26(29-22)30-23(33)15-16-34-27-31-24(18-9-3-1-4-10-18)25(32-27)19-11-5-2-6-12-19/h1-14,17H,15-16H2,(H,31,32)(H,29,30,33). The molecule has 0 aliphatic heterocycles. The Morgan fingerprint density at radius 2 is 1.60 bits per heavy atom. The van der Waals surface area contributed by atoms with Gasteiger partial charge < -0.3 is 10.3 Å². The summed E-state index contributed by atoms with van der Waals surface area (Å²) in [6.07, 6.45) is 0.341. The second-order valence-corrected chi connectivity index (χ2v) is 10.0. The molecule has 5 nitrogen and oxygen atoms in total. The zero-order valence-corrected chi connectivity index (χ0v) is 21.0. The molecule has 0 aliphatic rings. The predicted octanol–water partition coefficient (Wildman–Crippen LogP) is 7.64. The van der Waals surface area contributed by atoms with Crippen molar-refractivity contribution in [3.8, 4) is 33.8 Å². The van der Waals surface area contributed by atoms with Gasteiger partial charge >= 0.3 is 0 Å². The molecule has 174 valence electrons. The van der Waals surface area contributed by atoms with E-state index in [2.05, 4.69) is 39.6 Å². The number of nitrogens with zero attached hydrogens (tertiary/aromatic N) is 2. The molecule has 0 radical (unpaired) electrons. The van der Waals surface area contributed by atoms with Gasteiger partial charge in [-0.05, 0) is 6.07 Å². The maximum Gasteiger partial charge on any atom is 0.226 e. The molecule has 0 atom stereocenters. The second-order valence-electron chi connectivity index (χ2n) is 7.66. The van der Waals surface area contributed by atoms with Crippen LogP contribution in [0.15, 0.2) is 95.5 Å². The van der Waals surface area contributed by atoms with Crippen LogP contribution in [0.25, 0.3) is 33.8 Å². The van der Waals surface area contributed by atoms with Crippen molar-refractivity contribution in [1.82, 2.24) is 15.0 Å². The second kappa shape index (κ2) is 10.9. The highest BCUT2D eigenvalue weighted by Gasteiger charge is 2.15. The van der Waals surface area contributed by atoms with E-state index in [1.807, 2.05) is 66.0 Å². The van der Waals surface area contributed by atoms with Gasteiger partial charge in [0.15, 0.2) is 10.3 Å². The molecule has 0 unspecified atom stereocenters. The maximum atomic E-state index is 12.5. The van der Waals surface area contributed by atoms with Crippen LogP contribution in [0.4, 0.5) is 5.13 Å². The van der Waals surface area contributed by atoms with Gasteiger partial charge in [-0.1, -0.05) is 102 Å². The van der Waals surface area contributed by atoms with E-state index in [1.165, 1.54) is 23.1 Å². The zero-order valence-electron chi connectivity index (χ0n) is 18.6. The van der Waals surface area contributed by atoms with E-state index >= 15 is 0 Å².